The second-order valence-corrected chi connectivity index (χ2v) is 29.6. The maximum absolute atomic E-state index is 6.35. The smallest absolute Gasteiger partial charge is 0.250 e. The van der Waals surface area contributed by atoms with E-state index in [-0.39, 0.29) is 10.1 Å². The minimum absolute atomic E-state index is 0.176. The fourth-order valence-electron chi connectivity index (χ4n) is 2.35. The quantitative estimate of drug-likeness (QED) is 0.179. The number of hydrogen-bond acceptors (Lipinski definition) is 2. The van der Waals surface area contributed by atoms with Gasteiger partial charge in [0.05, 0.1) is 10.0 Å². The molecule has 0 radical (unpaired) electrons. The van der Waals surface area contributed by atoms with Crippen molar-refractivity contribution in [3.63, 3.8) is 0 Å². The molecule has 0 spiro atoms. The van der Waals surface area contributed by atoms with E-state index in [1.165, 1.54) is 0 Å². The van der Waals surface area contributed by atoms with Crippen molar-refractivity contribution in [2.24, 2.45) is 0 Å². The summed E-state index contributed by atoms with van der Waals surface area (Å²) in [6.07, 6.45) is 0. The maximum atomic E-state index is 6.35. The van der Waals surface area contributed by atoms with E-state index in [4.69, 9.17) is 32.1 Å². The first kappa shape index (κ1) is 34.6. The second kappa shape index (κ2) is 12.8. The van der Waals surface area contributed by atoms with Gasteiger partial charge in [-0.15, -0.1) is 5.54 Å². The minimum Gasteiger partial charge on any atom is -0.543 e. The summed E-state index contributed by atoms with van der Waals surface area (Å²) in [6, 6.07) is 11.7. The Morgan fingerprint density at radius 1 is 0.676 bits per heavy atom. The van der Waals surface area contributed by atoms with Crippen LogP contribution in [0.5, 0.6) is 11.5 Å². The highest BCUT2D eigenvalue weighted by atomic mass is 127. The molecule has 0 aromatic heterocycles. The second-order valence-electron chi connectivity index (χ2n) is 13.4. The van der Waals surface area contributed by atoms with Gasteiger partial charge in [0.1, 0.15) is 19.6 Å². The predicted octanol–water partition coefficient (Wildman–Crippen LogP) is 11.3. The average Bonchev–Trinajstić information content (AvgIpc) is 2.68. The third-order valence-electron chi connectivity index (χ3n) is 6.76. The molecule has 0 atom stereocenters. The van der Waals surface area contributed by atoms with Crippen LogP contribution in [-0.4, -0.2) is 24.7 Å². The zero-order chi connectivity index (χ0) is 29.0. The maximum Gasteiger partial charge on any atom is 0.250 e. The molecule has 37 heavy (non-hydrogen) atoms. The van der Waals surface area contributed by atoms with Crippen LogP contribution in [-0.2, 0) is 0 Å². The Balaban J connectivity index is 0.000000384. The van der Waals surface area contributed by atoms with Crippen LogP contribution < -0.4 is 8.85 Å². The first-order valence-electron chi connectivity index (χ1n) is 12.6. The first-order valence-corrected chi connectivity index (χ1v) is 23.8. The molecular formula is C29H45Cl2IO2Si3. The number of rotatable bonds is 4. The normalized spacial score (nSPS) is 12.6. The molecule has 0 aliphatic rings. The Bertz CT molecular complexity index is 1130. The van der Waals surface area contributed by atoms with Gasteiger partial charge < -0.3 is 8.85 Å². The van der Waals surface area contributed by atoms with Gasteiger partial charge in [0, 0.05) is 9.13 Å². The minimum atomic E-state index is -1.82. The number of halogens is 3. The van der Waals surface area contributed by atoms with Crippen LogP contribution >= 0.6 is 45.8 Å². The number of hydrogen-bond donors (Lipinski definition) is 0. The molecule has 0 saturated heterocycles. The van der Waals surface area contributed by atoms with Gasteiger partial charge in [-0.05, 0) is 95.3 Å². The van der Waals surface area contributed by atoms with E-state index in [1.807, 2.05) is 36.4 Å². The first-order chi connectivity index (χ1) is 16.5. The summed E-state index contributed by atoms with van der Waals surface area (Å²) >= 11 is 14.7. The van der Waals surface area contributed by atoms with Crippen LogP contribution in [0.2, 0.25) is 66.0 Å². The summed E-state index contributed by atoms with van der Waals surface area (Å²) in [4.78, 5) is 0. The topological polar surface area (TPSA) is 18.5 Å². The van der Waals surface area contributed by atoms with Crippen molar-refractivity contribution in [1.29, 1.82) is 0 Å². The van der Waals surface area contributed by atoms with E-state index >= 15 is 0 Å². The summed E-state index contributed by atoms with van der Waals surface area (Å²) in [7, 11) is -4.95. The highest BCUT2D eigenvalue weighted by molar-refractivity contribution is 14.1. The van der Waals surface area contributed by atoms with Gasteiger partial charge >= 0.3 is 0 Å². The fraction of sp³-hybridized carbons (Fsp3) is 0.517. The Labute approximate surface area is 253 Å². The van der Waals surface area contributed by atoms with Gasteiger partial charge in [0.15, 0.2) is 0 Å². The van der Waals surface area contributed by atoms with Crippen LogP contribution in [0.15, 0.2) is 36.4 Å². The molecule has 0 bridgehead atoms. The molecule has 0 N–H and O–H groups in total. The molecule has 0 heterocycles. The lowest BCUT2D eigenvalue weighted by Gasteiger charge is -2.36. The summed E-state index contributed by atoms with van der Waals surface area (Å²) in [5, 5.41) is 1.83. The summed E-state index contributed by atoms with van der Waals surface area (Å²) < 4.78 is 13.5. The molecule has 0 fully saturated rings. The Hall–Kier alpha value is -0.439. The van der Waals surface area contributed by atoms with Crippen molar-refractivity contribution in [3.05, 3.63) is 55.6 Å². The third kappa shape index (κ3) is 11.3. The van der Waals surface area contributed by atoms with Crippen molar-refractivity contribution < 1.29 is 8.85 Å². The van der Waals surface area contributed by atoms with E-state index in [1.54, 1.807) is 0 Å². The molecule has 2 rings (SSSR count). The van der Waals surface area contributed by atoms with Gasteiger partial charge in [-0.2, -0.15) is 0 Å². The number of benzene rings is 2. The van der Waals surface area contributed by atoms with Gasteiger partial charge in [0.2, 0.25) is 16.6 Å². The summed E-state index contributed by atoms with van der Waals surface area (Å²) in [5.74, 6) is 4.95. The molecule has 0 unspecified atom stereocenters. The van der Waals surface area contributed by atoms with E-state index < -0.39 is 24.7 Å². The third-order valence-corrected chi connectivity index (χ3v) is 18.2. The lowest BCUT2D eigenvalue weighted by molar-refractivity contribution is 0.492. The zero-order valence-corrected chi connectivity index (χ0v) is 31.6. The van der Waals surface area contributed by atoms with Crippen LogP contribution in [0.1, 0.15) is 47.1 Å². The lowest BCUT2D eigenvalue weighted by Crippen LogP contribution is -2.43. The molecule has 0 aliphatic heterocycles. The molecule has 0 amide bonds. The SMILES string of the molecule is CC(C)(C)[Si](C)(C)Oc1ccc(C#C[Si](C)(C)C)c(Cl)c1.CC(C)(C)[Si](C)(C)Oc1ccc(I)c(Cl)c1. The van der Waals surface area contributed by atoms with Gasteiger partial charge in [-0.25, -0.2) is 0 Å². The molecule has 0 saturated carbocycles. The Morgan fingerprint density at radius 2 is 1.08 bits per heavy atom. The molecule has 2 nitrogen and oxygen atoms in total. The van der Waals surface area contributed by atoms with Crippen LogP contribution in [0.4, 0.5) is 0 Å². The van der Waals surface area contributed by atoms with Gasteiger partial charge in [-0.3, -0.25) is 0 Å². The predicted molar refractivity (Wildman–Crippen MR) is 181 cm³/mol. The summed E-state index contributed by atoms with van der Waals surface area (Å²) in [5.41, 5.74) is 4.23. The monoisotopic (exact) mass is 706 g/mol. The Morgan fingerprint density at radius 3 is 1.43 bits per heavy atom. The van der Waals surface area contributed by atoms with Crippen molar-refractivity contribution >= 4 is 70.5 Å². The van der Waals surface area contributed by atoms with E-state index in [0.717, 1.165) is 25.7 Å². The van der Waals surface area contributed by atoms with Crippen molar-refractivity contribution in [2.75, 3.05) is 0 Å². The molecular weight excluding hydrogens is 662 g/mol. The van der Waals surface area contributed by atoms with E-state index in [2.05, 4.69) is 121 Å². The van der Waals surface area contributed by atoms with Gasteiger partial charge in [-0.1, -0.05) is 90.3 Å². The highest BCUT2D eigenvalue weighted by Crippen LogP contribution is 2.39. The van der Waals surface area contributed by atoms with Crippen molar-refractivity contribution in [3.8, 4) is 23.0 Å². The highest BCUT2D eigenvalue weighted by Gasteiger charge is 2.39. The standard InChI is InChI=1S/C17H27ClOSi2.C12H18ClIOSi/c1-17(2,3)21(7,8)19-15-10-9-14(16(18)13-15)11-12-20(4,5)6;1-12(2,3)16(4,5)15-9-6-7-11(14)10(13)8-9/h9-10,13H,1-8H3;6-8H,1-5H3. The molecule has 0 aliphatic carbocycles. The van der Waals surface area contributed by atoms with E-state index in [9.17, 15) is 0 Å². The lowest BCUT2D eigenvalue weighted by atomic mass is 10.2. The molecule has 206 valence electrons. The molecule has 2 aromatic carbocycles. The van der Waals surface area contributed by atoms with Crippen molar-refractivity contribution in [1.82, 2.24) is 0 Å². The van der Waals surface area contributed by atoms with Crippen LogP contribution in [0, 0.1) is 15.0 Å². The zero-order valence-electron chi connectivity index (χ0n) is 24.9. The largest absolute Gasteiger partial charge is 0.543 e. The fourth-order valence-corrected chi connectivity index (χ4v) is 5.63. The summed E-state index contributed by atoms with van der Waals surface area (Å²) in [6.45, 7) is 29.0. The van der Waals surface area contributed by atoms with E-state index in [0.29, 0.717) is 5.02 Å². The van der Waals surface area contributed by atoms with Crippen molar-refractivity contribution in [2.45, 2.75) is 97.4 Å². The Kier molecular flexibility index (Phi) is 12.0. The van der Waals surface area contributed by atoms with Gasteiger partial charge in [0.25, 0.3) is 0 Å². The molecule has 8 heteroatoms. The average molecular weight is 708 g/mol. The molecule has 2 aromatic rings. The van der Waals surface area contributed by atoms with Crippen LogP contribution in [0.25, 0.3) is 0 Å². The van der Waals surface area contributed by atoms with Crippen LogP contribution in [0.3, 0.4) is 0 Å².